The van der Waals surface area contributed by atoms with Crippen LogP contribution in [0.2, 0.25) is 0 Å². The van der Waals surface area contributed by atoms with Gasteiger partial charge in [0, 0.05) is 36.2 Å². The number of benzene rings is 1. The SMILES string of the molecule is CN(CCCCCBr)c1ccnc2ccccc12. The molecular weight excluding hydrogens is 288 g/mol. The molecule has 0 aliphatic rings. The molecule has 1 aromatic heterocycles. The fourth-order valence-corrected chi connectivity index (χ4v) is 2.55. The number of nitrogens with zero attached hydrogens (tertiary/aromatic N) is 2. The predicted molar refractivity (Wildman–Crippen MR) is 82.7 cm³/mol. The van der Waals surface area contributed by atoms with Crippen molar-refractivity contribution in [1.82, 2.24) is 4.98 Å². The number of hydrogen-bond acceptors (Lipinski definition) is 2. The maximum Gasteiger partial charge on any atom is 0.0722 e. The average molecular weight is 307 g/mol. The molecule has 2 nitrogen and oxygen atoms in total. The van der Waals surface area contributed by atoms with Crippen LogP contribution in [-0.4, -0.2) is 23.9 Å². The normalized spacial score (nSPS) is 10.8. The lowest BCUT2D eigenvalue weighted by atomic mass is 10.1. The highest BCUT2D eigenvalue weighted by Gasteiger charge is 2.05. The first-order valence-corrected chi connectivity index (χ1v) is 7.56. The zero-order valence-electron chi connectivity index (χ0n) is 10.8. The van der Waals surface area contributed by atoms with Gasteiger partial charge >= 0.3 is 0 Å². The van der Waals surface area contributed by atoms with E-state index < -0.39 is 0 Å². The molecule has 0 bridgehead atoms. The molecule has 0 radical (unpaired) electrons. The molecule has 0 spiro atoms. The van der Waals surface area contributed by atoms with Crippen LogP contribution < -0.4 is 4.90 Å². The van der Waals surface area contributed by atoms with Crippen molar-refractivity contribution in [1.29, 1.82) is 0 Å². The number of aromatic nitrogens is 1. The van der Waals surface area contributed by atoms with Crippen molar-refractivity contribution < 1.29 is 0 Å². The van der Waals surface area contributed by atoms with E-state index in [1.165, 1.54) is 30.3 Å². The van der Waals surface area contributed by atoms with Crippen LogP contribution in [0.5, 0.6) is 0 Å². The van der Waals surface area contributed by atoms with Crippen molar-refractivity contribution in [3.05, 3.63) is 36.5 Å². The average Bonchev–Trinajstić information content (AvgIpc) is 2.43. The molecule has 0 unspecified atom stereocenters. The number of hydrogen-bond donors (Lipinski definition) is 0. The second-order valence-electron chi connectivity index (χ2n) is 4.52. The van der Waals surface area contributed by atoms with Gasteiger partial charge in [-0.05, 0) is 25.0 Å². The maximum atomic E-state index is 4.40. The Bertz CT molecular complexity index is 493. The summed E-state index contributed by atoms with van der Waals surface area (Å²) in [7, 11) is 2.16. The molecule has 0 saturated carbocycles. The third-order valence-corrected chi connectivity index (χ3v) is 3.73. The quantitative estimate of drug-likeness (QED) is 0.586. The third kappa shape index (κ3) is 3.22. The summed E-state index contributed by atoms with van der Waals surface area (Å²) in [4.78, 5) is 6.73. The molecular formula is C15H19BrN2. The van der Waals surface area contributed by atoms with E-state index in [1.54, 1.807) is 0 Å². The second-order valence-corrected chi connectivity index (χ2v) is 5.31. The Morgan fingerprint density at radius 3 is 2.78 bits per heavy atom. The molecule has 0 aliphatic heterocycles. The molecule has 0 N–H and O–H groups in total. The van der Waals surface area contributed by atoms with Crippen molar-refractivity contribution in [2.24, 2.45) is 0 Å². The summed E-state index contributed by atoms with van der Waals surface area (Å²) in [5.74, 6) is 0. The Labute approximate surface area is 117 Å². The zero-order valence-corrected chi connectivity index (χ0v) is 12.4. The van der Waals surface area contributed by atoms with Gasteiger partial charge in [0.1, 0.15) is 0 Å². The fourth-order valence-electron chi connectivity index (χ4n) is 2.15. The van der Waals surface area contributed by atoms with Crippen LogP contribution in [0.1, 0.15) is 19.3 Å². The number of halogens is 1. The highest BCUT2D eigenvalue weighted by Crippen LogP contribution is 2.24. The van der Waals surface area contributed by atoms with Crippen molar-refractivity contribution in [3.8, 4) is 0 Å². The smallest absolute Gasteiger partial charge is 0.0722 e. The molecule has 1 heterocycles. The lowest BCUT2D eigenvalue weighted by Gasteiger charge is -2.20. The molecule has 18 heavy (non-hydrogen) atoms. The van der Waals surface area contributed by atoms with E-state index in [1.807, 2.05) is 12.3 Å². The Morgan fingerprint density at radius 2 is 1.94 bits per heavy atom. The van der Waals surface area contributed by atoms with E-state index in [2.05, 4.69) is 57.1 Å². The molecule has 0 fully saturated rings. The monoisotopic (exact) mass is 306 g/mol. The van der Waals surface area contributed by atoms with E-state index >= 15 is 0 Å². The van der Waals surface area contributed by atoms with Crippen LogP contribution in [0.15, 0.2) is 36.5 Å². The van der Waals surface area contributed by atoms with Crippen molar-refractivity contribution in [2.75, 3.05) is 23.8 Å². The fraction of sp³-hybridized carbons (Fsp3) is 0.400. The number of fused-ring (bicyclic) bond motifs is 1. The van der Waals surface area contributed by atoms with Gasteiger partial charge in [0.25, 0.3) is 0 Å². The Balaban J connectivity index is 2.10. The molecule has 0 aliphatic carbocycles. The third-order valence-electron chi connectivity index (χ3n) is 3.16. The van der Waals surface area contributed by atoms with Crippen molar-refractivity contribution in [2.45, 2.75) is 19.3 Å². The molecule has 2 aromatic rings. The Morgan fingerprint density at radius 1 is 1.11 bits per heavy atom. The number of alkyl halides is 1. The van der Waals surface area contributed by atoms with Crippen LogP contribution in [0.3, 0.4) is 0 Å². The van der Waals surface area contributed by atoms with E-state index in [-0.39, 0.29) is 0 Å². The summed E-state index contributed by atoms with van der Waals surface area (Å²) in [6.45, 7) is 1.10. The summed E-state index contributed by atoms with van der Waals surface area (Å²) >= 11 is 3.47. The summed E-state index contributed by atoms with van der Waals surface area (Å²) in [5.41, 5.74) is 2.35. The van der Waals surface area contributed by atoms with Crippen molar-refractivity contribution >= 4 is 32.5 Å². The van der Waals surface area contributed by atoms with Gasteiger partial charge in [-0.3, -0.25) is 4.98 Å². The topological polar surface area (TPSA) is 16.1 Å². The molecule has 1 aromatic carbocycles. The second kappa shape index (κ2) is 6.74. The minimum atomic E-state index is 1.07. The first kappa shape index (κ1) is 13.3. The molecule has 0 amide bonds. The Kier molecular flexibility index (Phi) is 5.00. The summed E-state index contributed by atoms with van der Waals surface area (Å²) in [6, 6.07) is 10.4. The van der Waals surface area contributed by atoms with Gasteiger partial charge in [0.05, 0.1) is 5.52 Å². The van der Waals surface area contributed by atoms with Crippen LogP contribution in [0.4, 0.5) is 5.69 Å². The van der Waals surface area contributed by atoms with Gasteiger partial charge in [0.2, 0.25) is 0 Å². The summed E-state index contributed by atoms with van der Waals surface area (Å²) in [6.07, 6.45) is 5.66. The van der Waals surface area contributed by atoms with E-state index in [0.29, 0.717) is 0 Å². The highest BCUT2D eigenvalue weighted by molar-refractivity contribution is 9.09. The predicted octanol–water partition coefficient (Wildman–Crippen LogP) is 4.24. The first-order chi connectivity index (χ1) is 8.83. The maximum absolute atomic E-state index is 4.40. The lowest BCUT2D eigenvalue weighted by Crippen LogP contribution is -2.18. The van der Waals surface area contributed by atoms with E-state index in [0.717, 1.165) is 17.4 Å². The summed E-state index contributed by atoms with van der Waals surface area (Å²) in [5, 5.41) is 2.34. The van der Waals surface area contributed by atoms with Gasteiger partial charge in [0.15, 0.2) is 0 Å². The Hall–Kier alpha value is -1.09. The van der Waals surface area contributed by atoms with Crippen molar-refractivity contribution in [3.63, 3.8) is 0 Å². The van der Waals surface area contributed by atoms with Crippen LogP contribution in [0, 0.1) is 0 Å². The van der Waals surface area contributed by atoms with Crippen LogP contribution in [-0.2, 0) is 0 Å². The lowest BCUT2D eigenvalue weighted by molar-refractivity contribution is 0.712. The number of para-hydroxylation sites is 1. The largest absolute Gasteiger partial charge is 0.374 e. The van der Waals surface area contributed by atoms with E-state index in [9.17, 15) is 0 Å². The van der Waals surface area contributed by atoms with Crippen LogP contribution >= 0.6 is 15.9 Å². The standard InChI is InChI=1S/C15H19BrN2/c1-18(12-6-2-5-10-16)15-9-11-17-14-8-4-3-7-13(14)15/h3-4,7-9,11H,2,5-6,10,12H2,1H3. The number of pyridine rings is 1. The minimum Gasteiger partial charge on any atom is -0.374 e. The van der Waals surface area contributed by atoms with Gasteiger partial charge in [-0.25, -0.2) is 0 Å². The van der Waals surface area contributed by atoms with Gasteiger partial charge in [-0.1, -0.05) is 40.5 Å². The number of anilines is 1. The first-order valence-electron chi connectivity index (χ1n) is 6.44. The molecule has 96 valence electrons. The number of unbranched alkanes of at least 4 members (excludes halogenated alkanes) is 2. The molecule has 2 rings (SSSR count). The molecule has 0 atom stereocenters. The van der Waals surface area contributed by atoms with E-state index in [4.69, 9.17) is 0 Å². The number of rotatable bonds is 6. The molecule has 0 saturated heterocycles. The van der Waals surface area contributed by atoms with Gasteiger partial charge < -0.3 is 4.90 Å². The summed E-state index contributed by atoms with van der Waals surface area (Å²) < 4.78 is 0. The van der Waals surface area contributed by atoms with Gasteiger partial charge in [-0.15, -0.1) is 0 Å². The van der Waals surface area contributed by atoms with Crippen LogP contribution in [0.25, 0.3) is 10.9 Å². The highest BCUT2D eigenvalue weighted by atomic mass is 79.9. The zero-order chi connectivity index (χ0) is 12.8. The molecule has 3 heteroatoms. The van der Waals surface area contributed by atoms with Gasteiger partial charge in [-0.2, -0.15) is 0 Å². The minimum absolute atomic E-state index is 1.07.